The van der Waals surface area contributed by atoms with E-state index in [-0.39, 0.29) is 35.3 Å². The van der Waals surface area contributed by atoms with Crippen LogP contribution in [0.1, 0.15) is 74.2 Å². The predicted octanol–water partition coefficient (Wildman–Crippen LogP) is 2.57. The zero-order valence-corrected chi connectivity index (χ0v) is 17.3. The van der Waals surface area contributed by atoms with Gasteiger partial charge in [0, 0.05) is 30.1 Å². The second-order valence-electron chi connectivity index (χ2n) is 9.60. The first kappa shape index (κ1) is 19.8. The van der Waals surface area contributed by atoms with Gasteiger partial charge < -0.3 is 20.1 Å². The summed E-state index contributed by atoms with van der Waals surface area (Å²) in [5, 5.41) is 20.3. The molecule has 1 spiro atoms. The molecule has 2 heterocycles. The molecule has 2 aliphatic carbocycles. The van der Waals surface area contributed by atoms with Crippen molar-refractivity contribution in [2.75, 3.05) is 13.1 Å². The topological polar surface area (TPSA) is 98.6 Å². The molecule has 3 fully saturated rings. The van der Waals surface area contributed by atoms with Crippen LogP contribution in [-0.4, -0.2) is 55.9 Å². The Morgan fingerprint density at radius 2 is 1.83 bits per heavy atom. The highest BCUT2D eigenvalue weighted by Gasteiger charge is 2.45. The number of hydrogen-bond acceptors (Lipinski definition) is 4. The van der Waals surface area contributed by atoms with E-state index in [1.165, 1.54) is 0 Å². The molecule has 1 aliphatic heterocycles. The number of nitrogens with zero attached hydrogens (tertiary/aromatic N) is 2. The van der Waals surface area contributed by atoms with Crippen molar-refractivity contribution in [1.29, 1.82) is 0 Å². The Hall–Kier alpha value is -2.12. The van der Waals surface area contributed by atoms with E-state index >= 15 is 0 Å². The molecule has 3 aliphatic rings. The van der Waals surface area contributed by atoms with Gasteiger partial charge in [-0.3, -0.25) is 9.36 Å². The molecule has 3 N–H and O–H groups in total. The Bertz CT molecular complexity index is 1000. The van der Waals surface area contributed by atoms with Gasteiger partial charge in [0.05, 0.1) is 23.2 Å². The van der Waals surface area contributed by atoms with E-state index in [0.717, 1.165) is 50.5 Å². The van der Waals surface area contributed by atoms with Gasteiger partial charge in [-0.1, -0.05) is 6.42 Å². The van der Waals surface area contributed by atoms with E-state index in [9.17, 15) is 19.8 Å². The summed E-state index contributed by atoms with van der Waals surface area (Å²) in [6.07, 6.45) is 7.18. The van der Waals surface area contributed by atoms with Crippen molar-refractivity contribution in [3.05, 3.63) is 34.2 Å². The lowest BCUT2D eigenvalue weighted by atomic mass is 9.76. The normalized spacial score (nSPS) is 32.2. The molecule has 2 saturated carbocycles. The first-order valence-electron chi connectivity index (χ1n) is 11.4. The number of piperidine rings is 1. The molecule has 162 valence electrons. The highest BCUT2D eigenvalue weighted by Crippen LogP contribution is 2.45. The van der Waals surface area contributed by atoms with Crippen molar-refractivity contribution < 1.29 is 15.0 Å². The lowest BCUT2D eigenvalue weighted by Gasteiger charge is -2.42. The van der Waals surface area contributed by atoms with Crippen molar-refractivity contribution in [3.8, 4) is 0 Å². The summed E-state index contributed by atoms with van der Waals surface area (Å²) in [7, 11) is 0. The number of nitrogens with one attached hydrogen (secondary N) is 1. The molecule has 0 radical (unpaired) electrons. The predicted molar refractivity (Wildman–Crippen MR) is 113 cm³/mol. The van der Waals surface area contributed by atoms with Gasteiger partial charge >= 0.3 is 5.69 Å². The lowest BCUT2D eigenvalue weighted by Crippen LogP contribution is -2.49. The van der Waals surface area contributed by atoms with Gasteiger partial charge in [0.25, 0.3) is 5.91 Å². The van der Waals surface area contributed by atoms with E-state index in [2.05, 4.69) is 4.98 Å². The standard InChI is InChI=1S/C23H31N3O4/c27-17-7-5-16(6-8-17)26-19-9-4-15(13-18(19)24-22(26)30)21(29)25-12-2-11-23(14-25)10-1-3-20(23)28/h4,9,13,16-17,20,27-28H,1-3,5-8,10-12,14H2,(H,24,30)/t16?,17?,20-,23+/m1/s1. The molecule has 1 aromatic carbocycles. The molecule has 7 nitrogen and oxygen atoms in total. The second kappa shape index (κ2) is 7.54. The summed E-state index contributed by atoms with van der Waals surface area (Å²) in [6, 6.07) is 5.57. The van der Waals surface area contributed by atoms with Crippen LogP contribution in [-0.2, 0) is 0 Å². The lowest BCUT2D eigenvalue weighted by molar-refractivity contribution is -0.00535. The van der Waals surface area contributed by atoms with Crippen LogP contribution in [0.4, 0.5) is 0 Å². The van der Waals surface area contributed by atoms with Crippen LogP contribution in [0.25, 0.3) is 11.0 Å². The number of likely N-dealkylation sites (tertiary alicyclic amines) is 1. The number of carbonyl (C=O) groups is 1. The van der Waals surface area contributed by atoms with Gasteiger partial charge in [-0.05, 0) is 69.6 Å². The first-order valence-corrected chi connectivity index (χ1v) is 11.4. The second-order valence-corrected chi connectivity index (χ2v) is 9.60. The zero-order valence-electron chi connectivity index (χ0n) is 17.3. The number of amides is 1. The smallest absolute Gasteiger partial charge is 0.326 e. The number of rotatable bonds is 2. The fraction of sp³-hybridized carbons (Fsp3) is 0.652. The maximum absolute atomic E-state index is 13.2. The van der Waals surface area contributed by atoms with Crippen LogP contribution in [0.3, 0.4) is 0 Å². The SMILES string of the molecule is O=C(c1ccc2c(c1)[nH]c(=O)n2C1CCC(O)CC1)N1CCC[C@@]2(CCC[C@H]2O)C1. The summed E-state index contributed by atoms with van der Waals surface area (Å²) in [5.41, 5.74) is 1.80. The maximum Gasteiger partial charge on any atom is 0.326 e. The van der Waals surface area contributed by atoms with Gasteiger partial charge in [-0.15, -0.1) is 0 Å². The third-order valence-electron chi connectivity index (χ3n) is 7.75. The van der Waals surface area contributed by atoms with Gasteiger partial charge in [-0.25, -0.2) is 4.79 Å². The Morgan fingerprint density at radius 1 is 1.07 bits per heavy atom. The number of carbonyl (C=O) groups excluding carboxylic acids is 1. The van der Waals surface area contributed by atoms with Crippen LogP contribution in [0, 0.1) is 5.41 Å². The van der Waals surface area contributed by atoms with Crippen LogP contribution < -0.4 is 5.69 Å². The number of aliphatic hydroxyl groups excluding tert-OH is 2. The largest absolute Gasteiger partial charge is 0.393 e. The van der Waals surface area contributed by atoms with E-state index in [4.69, 9.17) is 0 Å². The quantitative estimate of drug-likeness (QED) is 0.705. The number of H-pyrrole nitrogens is 1. The summed E-state index contributed by atoms with van der Waals surface area (Å²) >= 11 is 0. The van der Waals surface area contributed by atoms with Gasteiger partial charge in [0.15, 0.2) is 0 Å². The zero-order chi connectivity index (χ0) is 20.9. The van der Waals surface area contributed by atoms with E-state index < -0.39 is 0 Å². The van der Waals surface area contributed by atoms with E-state index in [1.807, 2.05) is 17.0 Å². The number of hydrogen-bond donors (Lipinski definition) is 3. The highest BCUT2D eigenvalue weighted by molar-refractivity contribution is 5.97. The number of aromatic nitrogens is 2. The monoisotopic (exact) mass is 413 g/mol. The van der Waals surface area contributed by atoms with E-state index in [0.29, 0.717) is 37.0 Å². The maximum atomic E-state index is 13.2. The van der Waals surface area contributed by atoms with Crippen LogP contribution in [0.2, 0.25) is 0 Å². The number of fused-ring (bicyclic) bond motifs is 1. The molecule has 2 atom stereocenters. The summed E-state index contributed by atoms with van der Waals surface area (Å²) in [5.74, 6) is -0.0236. The average molecular weight is 414 g/mol. The molecular weight excluding hydrogens is 382 g/mol. The van der Waals surface area contributed by atoms with Gasteiger partial charge in [0.1, 0.15) is 0 Å². The third-order valence-corrected chi connectivity index (χ3v) is 7.75. The van der Waals surface area contributed by atoms with E-state index in [1.54, 1.807) is 10.6 Å². The minimum absolute atomic E-state index is 0.0236. The van der Waals surface area contributed by atoms with Crippen molar-refractivity contribution in [3.63, 3.8) is 0 Å². The van der Waals surface area contributed by atoms with Crippen LogP contribution in [0.5, 0.6) is 0 Å². The Balaban J connectivity index is 1.40. The number of imidazole rings is 1. The molecule has 5 rings (SSSR count). The highest BCUT2D eigenvalue weighted by atomic mass is 16.3. The molecule has 0 bridgehead atoms. The molecule has 0 unspecified atom stereocenters. The summed E-state index contributed by atoms with van der Waals surface area (Å²) in [6.45, 7) is 1.33. The van der Waals surface area contributed by atoms with Gasteiger partial charge in [-0.2, -0.15) is 0 Å². The number of aliphatic hydroxyl groups is 2. The number of benzene rings is 1. The molecule has 1 amide bonds. The Labute approximate surface area is 175 Å². The van der Waals surface area contributed by atoms with Crippen molar-refractivity contribution in [2.45, 2.75) is 76.0 Å². The molecule has 7 heteroatoms. The molecule has 30 heavy (non-hydrogen) atoms. The molecule has 1 saturated heterocycles. The Kier molecular flexibility index (Phi) is 4.98. The molecule has 1 aromatic heterocycles. The third kappa shape index (κ3) is 3.28. The number of aromatic amines is 1. The summed E-state index contributed by atoms with van der Waals surface area (Å²) in [4.78, 5) is 30.7. The van der Waals surface area contributed by atoms with Crippen LogP contribution >= 0.6 is 0 Å². The molecular formula is C23H31N3O4. The fourth-order valence-electron chi connectivity index (χ4n) is 6.06. The fourth-order valence-corrected chi connectivity index (χ4v) is 6.06. The Morgan fingerprint density at radius 3 is 2.57 bits per heavy atom. The van der Waals surface area contributed by atoms with Crippen LogP contribution in [0.15, 0.2) is 23.0 Å². The van der Waals surface area contributed by atoms with Crippen molar-refractivity contribution in [1.82, 2.24) is 14.5 Å². The van der Waals surface area contributed by atoms with Crippen molar-refractivity contribution >= 4 is 16.9 Å². The minimum atomic E-state index is -0.310. The molecule has 2 aromatic rings. The minimum Gasteiger partial charge on any atom is -0.393 e. The van der Waals surface area contributed by atoms with Gasteiger partial charge in [0.2, 0.25) is 0 Å². The first-order chi connectivity index (χ1) is 14.5. The summed E-state index contributed by atoms with van der Waals surface area (Å²) < 4.78 is 1.79. The van der Waals surface area contributed by atoms with Crippen molar-refractivity contribution in [2.24, 2.45) is 5.41 Å². The average Bonchev–Trinajstić information content (AvgIpc) is 3.26.